The smallest absolute Gasteiger partial charge is 0.295 e. The lowest BCUT2D eigenvalue weighted by Crippen LogP contribution is -2.31. The molecule has 1 aromatic heterocycles. The number of ketones is 1. The zero-order chi connectivity index (χ0) is 29.6. The molecule has 1 atom stereocenters. The third kappa shape index (κ3) is 6.22. The summed E-state index contributed by atoms with van der Waals surface area (Å²) in [5.41, 5.74) is 1.00. The average Bonchev–Trinajstić information content (AvgIpc) is 3.59. The Labute approximate surface area is 245 Å². The predicted molar refractivity (Wildman–Crippen MR) is 156 cm³/mol. The summed E-state index contributed by atoms with van der Waals surface area (Å²) in [5.74, 6) is 0.934. The monoisotopic (exact) mass is 575 g/mol. The fourth-order valence-corrected chi connectivity index (χ4v) is 5.13. The highest BCUT2D eigenvalue weighted by Crippen LogP contribution is 2.43. The summed E-state index contributed by atoms with van der Waals surface area (Å²) < 4.78 is 25.2. The topological polar surface area (TPSA) is 112 Å². The maximum Gasteiger partial charge on any atom is 0.295 e. The zero-order valence-corrected chi connectivity index (χ0v) is 24.2. The number of carbonyl (C=O) groups is 2. The highest BCUT2D eigenvalue weighted by Gasteiger charge is 2.46. The number of hydrogen-bond donors (Lipinski definition) is 1. The number of aryl methyl sites for hydroxylation is 1. The van der Waals surface area contributed by atoms with E-state index in [4.69, 9.17) is 18.9 Å². The van der Waals surface area contributed by atoms with Gasteiger partial charge >= 0.3 is 0 Å². The number of fused-ring (bicyclic) bond motifs is 1. The number of carbonyl (C=O) groups excluding carboxylic acids is 2. The molecule has 2 aliphatic rings. The van der Waals surface area contributed by atoms with Crippen molar-refractivity contribution in [3.63, 3.8) is 0 Å². The molecule has 3 heterocycles. The third-order valence-corrected chi connectivity index (χ3v) is 7.27. The van der Waals surface area contributed by atoms with E-state index in [9.17, 15) is 14.7 Å². The van der Waals surface area contributed by atoms with E-state index < -0.39 is 17.7 Å². The Bertz CT molecular complexity index is 1450. The number of ether oxygens (including phenoxy) is 4. The molecule has 1 unspecified atom stereocenters. The van der Waals surface area contributed by atoms with Crippen LogP contribution in [0.3, 0.4) is 0 Å². The molecule has 0 bridgehead atoms. The van der Waals surface area contributed by atoms with Crippen molar-refractivity contribution in [3.05, 3.63) is 71.8 Å². The van der Waals surface area contributed by atoms with Crippen LogP contribution in [0.15, 0.2) is 60.7 Å². The second-order valence-corrected chi connectivity index (χ2v) is 10.7. The second-order valence-electron chi connectivity index (χ2n) is 10.7. The number of nitrogens with zero attached hydrogens (tertiary/aromatic N) is 3. The minimum Gasteiger partial charge on any atom is -0.507 e. The van der Waals surface area contributed by atoms with Gasteiger partial charge in [0, 0.05) is 31.0 Å². The number of benzene rings is 2. The van der Waals surface area contributed by atoms with Gasteiger partial charge in [-0.2, -0.15) is 0 Å². The summed E-state index contributed by atoms with van der Waals surface area (Å²) in [6, 6.07) is 9.57. The first kappa shape index (κ1) is 29.0. The molecule has 42 heavy (non-hydrogen) atoms. The Morgan fingerprint density at radius 2 is 1.86 bits per heavy atom. The van der Waals surface area contributed by atoms with Crippen molar-refractivity contribution in [1.82, 2.24) is 14.5 Å². The number of hydrogen-bond acceptors (Lipinski definition) is 8. The number of aromatic nitrogens is 2. The van der Waals surface area contributed by atoms with Crippen LogP contribution in [0, 0.1) is 5.92 Å². The molecule has 0 saturated carbocycles. The fourth-order valence-electron chi connectivity index (χ4n) is 5.13. The number of imidazole rings is 1. The van der Waals surface area contributed by atoms with E-state index in [1.165, 1.54) is 4.90 Å². The van der Waals surface area contributed by atoms with Crippen molar-refractivity contribution in [2.45, 2.75) is 46.2 Å². The molecule has 0 spiro atoms. The standard InChI is InChI=1S/C32H37N3O7/c1-4-39-26-18-22(6-8-24(26)40-15-10-21(2)3)29-28(30(36)23-7-9-25-27(19-23)42-17-16-41-25)31(37)32(38)35(29)13-5-12-34-14-11-33-20-34/h6-9,11,14,18-21,29,36H,4-5,10,12-13,15-17H2,1-3H3. The third-order valence-electron chi connectivity index (χ3n) is 7.27. The molecule has 0 aliphatic carbocycles. The van der Waals surface area contributed by atoms with Crippen LogP contribution in [-0.2, 0) is 16.1 Å². The number of aliphatic hydroxyl groups is 1. The lowest BCUT2D eigenvalue weighted by molar-refractivity contribution is -0.139. The SMILES string of the molecule is CCOc1cc(C2C(=C(O)c3ccc4c(c3)OCCO4)C(=O)C(=O)N2CCCn2ccnc2)ccc1OCCC(C)C. The van der Waals surface area contributed by atoms with Crippen molar-refractivity contribution < 1.29 is 33.6 Å². The molecular formula is C32H37N3O7. The van der Waals surface area contributed by atoms with Crippen LogP contribution >= 0.6 is 0 Å². The molecule has 222 valence electrons. The van der Waals surface area contributed by atoms with E-state index >= 15 is 0 Å². The first-order chi connectivity index (χ1) is 20.4. The maximum absolute atomic E-state index is 13.5. The van der Waals surface area contributed by atoms with Crippen LogP contribution in [-0.4, -0.2) is 64.2 Å². The largest absolute Gasteiger partial charge is 0.507 e. The van der Waals surface area contributed by atoms with Gasteiger partial charge < -0.3 is 33.5 Å². The van der Waals surface area contributed by atoms with E-state index in [-0.39, 0.29) is 11.3 Å². The van der Waals surface area contributed by atoms with Crippen LogP contribution in [0.1, 0.15) is 50.8 Å². The van der Waals surface area contributed by atoms with Crippen molar-refractivity contribution in [3.8, 4) is 23.0 Å². The summed E-state index contributed by atoms with van der Waals surface area (Å²) in [7, 11) is 0. The Balaban J connectivity index is 1.53. The van der Waals surface area contributed by atoms with Gasteiger partial charge in [0.2, 0.25) is 0 Å². The molecule has 1 fully saturated rings. The van der Waals surface area contributed by atoms with Crippen molar-refractivity contribution in [1.29, 1.82) is 0 Å². The molecular weight excluding hydrogens is 538 g/mol. The number of Topliss-reactive ketones (excluding diaryl/α,β-unsaturated/α-hetero) is 1. The zero-order valence-electron chi connectivity index (χ0n) is 24.2. The Kier molecular flexibility index (Phi) is 9.00. The molecule has 1 saturated heterocycles. The molecule has 3 aromatic rings. The minimum absolute atomic E-state index is 0.00948. The van der Waals surface area contributed by atoms with E-state index in [1.807, 2.05) is 23.8 Å². The van der Waals surface area contributed by atoms with E-state index in [0.717, 1.165) is 6.42 Å². The number of rotatable bonds is 12. The Morgan fingerprint density at radius 3 is 2.60 bits per heavy atom. The maximum atomic E-state index is 13.5. The van der Waals surface area contributed by atoms with E-state index in [2.05, 4.69) is 18.8 Å². The van der Waals surface area contributed by atoms with Gasteiger partial charge in [-0.3, -0.25) is 9.59 Å². The van der Waals surface area contributed by atoms with Crippen molar-refractivity contribution in [2.75, 3.05) is 33.0 Å². The van der Waals surface area contributed by atoms with E-state index in [1.54, 1.807) is 42.9 Å². The van der Waals surface area contributed by atoms with Gasteiger partial charge in [-0.15, -0.1) is 0 Å². The molecule has 1 amide bonds. The molecule has 0 radical (unpaired) electrons. The number of likely N-dealkylation sites (tertiary alicyclic amines) is 1. The lowest BCUT2D eigenvalue weighted by Gasteiger charge is -2.26. The molecule has 10 nitrogen and oxygen atoms in total. The van der Waals surface area contributed by atoms with Crippen LogP contribution in [0.2, 0.25) is 0 Å². The van der Waals surface area contributed by atoms with Gasteiger partial charge in [-0.05, 0) is 61.6 Å². The van der Waals surface area contributed by atoms with Gasteiger partial charge in [-0.25, -0.2) is 4.98 Å². The van der Waals surface area contributed by atoms with Crippen molar-refractivity contribution >= 4 is 17.4 Å². The quantitative estimate of drug-likeness (QED) is 0.183. The van der Waals surface area contributed by atoms with Crippen molar-refractivity contribution in [2.24, 2.45) is 5.92 Å². The summed E-state index contributed by atoms with van der Waals surface area (Å²) in [6.45, 7) is 8.81. The normalized spacial score (nSPS) is 17.6. The fraction of sp³-hybridized carbons (Fsp3) is 0.406. The summed E-state index contributed by atoms with van der Waals surface area (Å²) in [4.78, 5) is 32.6. The first-order valence-electron chi connectivity index (χ1n) is 14.4. The highest BCUT2D eigenvalue weighted by molar-refractivity contribution is 6.46. The summed E-state index contributed by atoms with van der Waals surface area (Å²) >= 11 is 0. The van der Waals surface area contributed by atoms with Gasteiger partial charge in [0.05, 0.1) is 31.2 Å². The van der Waals surface area contributed by atoms with Gasteiger partial charge in [-0.1, -0.05) is 19.9 Å². The van der Waals surface area contributed by atoms with Gasteiger partial charge in [0.15, 0.2) is 23.0 Å². The molecule has 5 rings (SSSR count). The number of amides is 1. The van der Waals surface area contributed by atoms with Crippen LogP contribution < -0.4 is 18.9 Å². The van der Waals surface area contributed by atoms with Crippen LogP contribution in [0.5, 0.6) is 23.0 Å². The predicted octanol–water partition coefficient (Wildman–Crippen LogP) is 4.99. The van der Waals surface area contributed by atoms with E-state index in [0.29, 0.717) is 86.0 Å². The molecule has 10 heteroatoms. The van der Waals surface area contributed by atoms with Crippen LogP contribution in [0.25, 0.3) is 5.76 Å². The molecule has 2 aromatic carbocycles. The Hall–Kier alpha value is -4.47. The van der Waals surface area contributed by atoms with Gasteiger partial charge in [0.1, 0.15) is 19.0 Å². The Morgan fingerprint density at radius 1 is 1.05 bits per heavy atom. The lowest BCUT2D eigenvalue weighted by atomic mass is 9.94. The minimum atomic E-state index is -0.829. The van der Waals surface area contributed by atoms with Gasteiger partial charge in [0.25, 0.3) is 11.7 Å². The average molecular weight is 576 g/mol. The molecule has 1 N–H and O–H groups in total. The first-order valence-corrected chi connectivity index (χ1v) is 14.4. The second kappa shape index (κ2) is 13.0. The summed E-state index contributed by atoms with van der Waals surface area (Å²) in [5, 5.41) is 11.5. The molecule has 2 aliphatic heterocycles. The highest BCUT2D eigenvalue weighted by atomic mass is 16.6. The van der Waals surface area contributed by atoms with Crippen LogP contribution in [0.4, 0.5) is 0 Å². The summed E-state index contributed by atoms with van der Waals surface area (Å²) in [6.07, 6.45) is 6.72. The number of aliphatic hydroxyl groups excluding tert-OH is 1.